The fraction of sp³-hybridized carbons (Fsp3) is 0.143. The lowest BCUT2D eigenvalue weighted by Gasteiger charge is -2.09. The second-order valence-corrected chi connectivity index (χ2v) is 5.32. The molecule has 0 atom stereocenters. The molecule has 9 heteroatoms. The van der Waals surface area contributed by atoms with Crippen molar-refractivity contribution in [3.05, 3.63) is 36.4 Å². The van der Waals surface area contributed by atoms with Crippen molar-refractivity contribution < 1.29 is 0 Å². The first kappa shape index (κ1) is 15.1. The molecule has 8 nitrogen and oxygen atoms in total. The van der Waals surface area contributed by atoms with Crippen molar-refractivity contribution in [1.29, 1.82) is 0 Å². The standard InChI is InChI=1S/C14H16N8S/c1-16-13-20-12(15)22(21-13)11-8-10(18-14(19-11)23-2)17-9-6-4-3-5-7-9/h3-8H,1-2H3,(H,17,18,19)(H3,15,16,20,21). The summed E-state index contributed by atoms with van der Waals surface area (Å²) in [5.41, 5.74) is 6.84. The Morgan fingerprint density at radius 1 is 1.13 bits per heavy atom. The van der Waals surface area contributed by atoms with Crippen molar-refractivity contribution in [1.82, 2.24) is 24.7 Å². The second-order valence-electron chi connectivity index (χ2n) is 4.54. The summed E-state index contributed by atoms with van der Waals surface area (Å²) < 4.78 is 1.48. The third kappa shape index (κ3) is 3.34. The van der Waals surface area contributed by atoms with Crippen LogP contribution in [0.5, 0.6) is 0 Å². The van der Waals surface area contributed by atoms with Crippen LogP contribution in [0.25, 0.3) is 5.82 Å². The Kier molecular flexibility index (Phi) is 4.29. The number of anilines is 4. The molecule has 0 saturated heterocycles. The van der Waals surface area contributed by atoms with E-state index in [1.54, 1.807) is 13.1 Å². The number of aromatic nitrogens is 5. The molecule has 0 unspecified atom stereocenters. The molecular formula is C14H16N8S. The van der Waals surface area contributed by atoms with Crippen LogP contribution in [-0.4, -0.2) is 38.0 Å². The van der Waals surface area contributed by atoms with Gasteiger partial charge in [-0.25, -0.2) is 9.97 Å². The quantitative estimate of drug-likeness (QED) is 0.483. The monoisotopic (exact) mass is 328 g/mol. The summed E-state index contributed by atoms with van der Waals surface area (Å²) in [6, 6.07) is 11.6. The lowest BCUT2D eigenvalue weighted by molar-refractivity contribution is 0.819. The van der Waals surface area contributed by atoms with Crippen molar-refractivity contribution in [2.75, 3.05) is 29.7 Å². The number of nitrogens with two attached hydrogens (primary N) is 1. The van der Waals surface area contributed by atoms with Crippen LogP contribution in [0.2, 0.25) is 0 Å². The molecular weight excluding hydrogens is 312 g/mol. The van der Waals surface area contributed by atoms with Gasteiger partial charge in [0.25, 0.3) is 0 Å². The van der Waals surface area contributed by atoms with Gasteiger partial charge in [0.1, 0.15) is 5.82 Å². The highest BCUT2D eigenvalue weighted by atomic mass is 32.2. The fourth-order valence-corrected chi connectivity index (χ4v) is 2.32. The van der Waals surface area contributed by atoms with Gasteiger partial charge < -0.3 is 16.4 Å². The summed E-state index contributed by atoms with van der Waals surface area (Å²) in [7, 11) is 1.73. The summed E-state index contributed by atoms with van der Waals surface area (Å²) in [4.78, 5) is 13.0. The maximum absolute atomic E-state index is 5.90. The van der Waals surface area contributed by atoms with Crippen molar-refractivity contribution in [2.45, 2.75) is 5.16 Å². The molecule has 2 aromatic heterocycles. The minimum atomic E-state index is 0.255. The molecule has 23 heavy (non-hydrogen) atoms. The number of nitrogens with one attached hydrogen (secondary N) is 2. The summed E-state index contributed by atoms with van der Waals surface area (Å²) in [6.45, 7) is 0. The maximum atomic E-state index is 5.90. The van der Waals surface area contributed by atoms with Gasteiger partial charge in [-0.1, -0.05) is 30.0 Å². The summed E-state index contributed by atoms with van der Waals surface area (Å²) in [5.74, 6) is 1.90. The summed E-state index contributed by atoms with van der Waals surface area (Å²) >= 11 is 1.44. The lowest BCUT2D eigenvalue weighted by atomic mass is 10.3. The molecule has 118 valence electrons. The zero-order valence-corrected chi connectivity index (χ0v) is 13.5. The Morgan fingerprint density at radius 3 is 2.57 bits per heavy atom. The van der Waals surface area contributed by atoms with Crippen molar-refractivity contribution in [3.63, 3.8) is 0 Å². The van der Waals surface area contributed by atoms with E-state index in [4.69, 9.17) is 5.73 Å². The van der Waals surface area contributed by atoms with Gasteiger partial charge in [0.2, 0.25) is 11.9 Å². The molecule has 0 fully saturated rings. The molecule has 3 aromatic rings. The third-order valence-corrected chi connectivity index (χ3v) is 3.54. The predicted molar refractivity (Wildman–Crippen MR) is 92.4 cm³/mol. The van der Waals surface area contributed by atoms with E-state index in [-0.39, 0.29) is 5.95 Å². The first-order valence-electron chi connectivity index (χ1n) is 6.85. The fourth-order valence-electron chi connectivity index (χ4n) is 1.94. The van der Waals surface area contributed by atoms with Gasteiger partial charge >= 0.3 is 0 Å². The van der Waals surface area contributed by atoms with E-state index in [0.717, 1.165) is 5.69 Å². The molecule has 0 aliphatic rings. The predicted octanol–water partition coefficient (Wildman–Crippen LogP) is 2.15. The Labute approximate surface area is 137 Å². The van der Waals surface area contributed by atoms with E-state index in [9.17, 15) is 0 Å². The SMILES string of the molecule is CNc1nc(N)n(-c2cc(Nc3ccccc3)nc(SC)n2)n1. The second kappa shape index (κ2) is 6.53. The van der Waals surface area contributed by atoms with Crippen LogP contribution >= 0.6 is 11.8 Å². The summed E-state index contributed by atoms with van der Waals surface area (Å²) in [5, 5.41) is 11.0. The molecule has 0 saturated carbocycles. The first-order valence-corrected chi connectivity index (χ1v) is 8.08. The van der Waals surface area contributed by atoms with E-state index in [0.29, 0.717) is 22.7 Å². The normalized spacial score (nSPS) is 10.5. The van der Waals surface area contributed by atoms with Crippen LogP contribution < -0.4 is 16.4 Å². The number of para-hydroxylation sites is 1. The Morgan fingerprint density at radius 2 is 1.91 bits per heavy atom. The van der Waals surface area contributed by atoms with E-state index >= 15 is 0 Å². The van der Waals surface area contributed by atoms with Gasteiger partial charge in [-0.3, -0.25) is 0 Å². The van der Waals surface area contributed by atoms with Crippen molar-refractivity contribution in [2.24, 2.45) is 0 Å². The highest BCUT2D eigenvalue weighted by Gasteiger charge is 2.12. The smallest absolute Gasteiger partial charge is 0.244 e. The highest BCUT2D eigenvalue weighted by Crippen LogP contribution is 2.21. The largest absolute Gasteiger partial charge is 0.368 e. The van der Waals surface area contributed by atoms with Crippen molar-refractivity contribution in [3.8, 4) is 5.82 Å². The maximum Gasteiger partial charge on any atom is 0.244 e. The topological polar surface area (TPSA) is 107 Å². The first-order chi connectivity index (χ1) is 11.2. The van der Waals surface area contributed by atoms with Crippen molar-refractivity contribution >= 4 is 35.2 Å². The highest BCUT2D eigenvalue weighted by molar-refractivity contribution is 7.98. The summed E-state index contributed by atoms with van der Waals surface area (Å²) in [6.07, 6.45) is 1.91. The molecule has 2 heterocycles. The zero-order chi connectivity index (χ0) is 16.2. The molecule has 0 aliphatic heterocycles. The average Bonchev–Trinajstić information content (AvgIpc) is 2.96. The zero-order valence-electron chi connectivity index (χ0n) is 12.7. The third-order valence-electron chi connectivity index (χ3n) is 2.99. The Bertz CT molecular complexity index is 802. The van der Waals surface area contributed by atoms with E-state index in [2.05, 4.69) is 30.7 Å². The van der Waals surface area contributed by atoms with Gasteiger partial charge in [0.05, 0.1) is 0 Å². The molecule has 0 bridgehead atoms. The van der Waals surface area contributed by atoms with E-state index in [1.807, 2.05) is 36.6 Å². The molecule has 0 radical (unpaired) electrons. The van der Waals surface area contributed by atoms with Crippen LogP contribution in [0.4, 0.5) is 23.4 Å². The van der Waals surface area contributed by atoms with Crippen LogP contribution in [-0.2, 0) is 0 Å². The number of benzene rings is 1. The van der Waals surface area contributed by atoms with Gasteiger partial charge in [0, 0.05) is 18.8 Å². The van der Waals surface area contributed by atoms with E-state index in [1.165, 1.54) is 16.4 Å². The van der Waals surface area contributed by atoms with E-state index < -0.39 is 0 Å². The van der Waals surface area contributed by atoms with Gasteiger partial charge in [0.15, 0.2) is 11.0 Å². The van der Waals surface area contributed by atoms with Crippen LogP contribution in [0.15, 0.2) is 41.6 Å². The van der Waals surface area contributed by atoms with Gasteiger partial charge in [-0.05, 0) is 18.4 Å². The number of nitrogen functional groups attached to an aromatic ring is 1. The van der Waals surface area contributed by atoms with Crippen LogP contribution in [0.3, 0.4) is 0 Å². The average molecular weight is 328 g/mol. The minimum Gasteiger partial charge on any atom is -0.368 e. The molecule has 3 rings (SSSR count). The molecule has 0 spiro atoms. The Hall–Kier alpha value is -2.81. The van der Waals surface area contributed by atoms with Gasteiger partial charge in [-0.2, -0.15) is 9.67 Å². The number of thioether (sulfide) groups is 1. The molecule has 4 N–H and O–H groups in total. The Balaban J connectivity index is 2.00. The molecule has 1 aromatic carbocycles. The van der Waals surface area contributed by atoms with Crippen LogP contribution in [0, 0.1) is 0 Å². The van der Waals surface area contributed by atoms with Gasteiger partial charge in [-0.15, -0.1) is 5.10 Å². The number of rotatable bonds is 5. The molecule has 0 aliphatic carbocycles. The number of hydrogen-bond acceptors (Lipinski definition) is 8. The number of hydrogen-bond donors (Lipinski definition) is 3. The lowest BCUT2D eigenvalue weighted by Crippen LogP contribution is -2.07. The minimum absolute atomic E-state index is 0.255. The molecule has 0 amide bonds. The number of nitrogens with zero attached hydrogens (tertiary/aromatic N) is 5. The van der Waals surface area contributed by atoms with Crippen LogP contribution in [0.1, 0.15) is 0 Å².